The van der Waals surface area contributed by atoms with Gasteiger partial charge in [0.15, 0.2) is 5.16 Å². The number of nitrogens with zero attached hydrogens (tertiary/aromatic N) is 2. The number of thioether (sulfide) groups is 1. The smallest absolute Gasteiger partial charge is 0.187 e. The third kappa shape index (κ3) is 3.27. The normalized spacial score (nSPS) is 10.0. The third-order valence-electron chi connectivity index (χ3n) is 0.905. The molecule has 0 amide bonds. The molecule has 0 N–H and O–H groups in total. The molecule has 0 unspecified atom stereocenters. The molecule has 5 heteroatoms. The maximum Gasteiger partial charge on any atom is 0.187 e. The van der Waals surface area contributed by atoms with Gasteiger partial charge in [-0.25, -0.2) is 9.97 Å². The summed E-state index contributed by atoms with van der Waals surface area (Å²) in [6.07, 6.45) is 3.15. The van der Waals surface area contributed by atoms with Crippen molar-refractivity contribution in [3.63, 3.8) is 0 Å². The second-order valence-corrected chi connectivity index (χ2v) is 3.60. The van der Waals surface area contributed by atoms with Crippen molar-refractivity contribution in [1.82, 2.24) is 9.97 Å². The summed E-state index contributed by atoms with van der Waals surface area (Å²) in [4.78, 5) is 7.95. The summed E-state index contributed by atoms with van der Waals surface area (Å²) in [5.41, 5.74) is 0. The van der Waals surface area contributed by atoms with E-state index in [1.54, 1.807) is 12.4 Å². The second kappa shape index (κ2) is 4.80. The Morgan fingerprint density at radius 3 is 2.55 bits per heavy atom. The van der Waals surface area contributed by atoms with E-state index in [1.807, 2.05) is 0 Å². The molecule has 0 saturated heterocycles. The van der Waals surface area contributed by atoms with Crippen LogP contribution >= 0.6 is 35.0 Å². The highest BCUT2D eigenvalue weighted by atomic mass is 35.5. The maximum atomic E-state index is 5.59. The zero-order chi connectivity index (χ0) is 8.10. The van der Waals surface area contributed by atoms with Crippen LogP contribution in [0.4, 0.5) is 0 Å². The third-order valence-corrected chi connectivity index (χ3v) is 2.39. The highest BCUT2D eigenvalue weighted by Crippen LogP contribution is 2.13. The summed E-state index contributed by atoms with van der Waals surface area (Å²) in [6, 6.07) is 0. The van der Waals surface area contributed by atoms with Crippen LogP contribution in [0.15, 0.2) is 17.6 Å². The summed E-state index contributed by atoms with van der Waals surface area (Å²) in [6.45, 7) is 0. The first-order chi connectivity index (χ1) is 5.33. The lowest BCUT2D eigenvalue weighted by Gasteiger charge is -1.95. The molecule has 0 aliphatic carbocycles. The van der Waals surface area contributed by atoms with E-state index < -0.39 is 0 Å². The molecule has 1 aromatic heterocycles. The van der Waals surface area contributed by atoms with Crippen LogP contribution in [0.2, 0.25) is 5.02 Å². The van der Waals surface area contributed by atoms with Crippen molar-refractivity contribution in [2.24, 2.45) is 0 Å². The zero-order valence-corrected chi connectivity index (χ0v) is 7.96. The van der Waals surface area contributed by atoms with E-state index in [0.29, 0.717) is 10.9 Å². The van der Waals surface area contributed by atoms with Crippen molar-refractivity contribution in [3.8, 4) is 0 Å². The van der Waals surface area contributed by atoms with Gasteiger partial charge < -0.3 is 0 Å². The van der Waals surface area contributed by atoms with Crippen molar-refractivity contribution in [2.75, 3.05) is 11.6 Å². The molecule has 1 aromatic rings. The minimum Gasteiger partial charge on any atom is -0.230 e. The van der Waals surface area contributed by atoms with Gasteiger partial charge in [-0.2, -0.15) is 0 Å². The lowest BCUT2D eigenvalue weighted by molar-refractivity contribution is 0.968. The molecule has 2 nitrogen and oxygen atoms in total. The average molecular weight is 209 g/mol. The van der Waals surface area contributed by atoms with Crippen molar-refractivity contribution in [1.29, 1.82) is 0 Å². The minimum atomic E-state index is 0.556. The fraction of sp³-hybridized carbons (Fsp3) is 0.333. The van der Waals surface area contributed by atoms with Gasteiger partial charge in [0.25, 0.3) is 0 Å². The number of hydrogen-bond acceptors (Lipinski definition) is 3. The van der Waals surface area contributed by atoms with Gasteiger partial charge in [-0.05, 0) is 0 Å². The number of alkyl halides is 1. The van der Waals surface area contributed by atoms with Gasteiger partial charge >= 0.3 is 0 Å². The Morgan fingerprint density at radius 2 is 2.00 bits per heavy atom. The molecule has 1 heterocycles. The first-order valence-electron chi connectivity index (χ1n) is 2.99. The van der Waals surface area contributed by atoms with E-state index >= 15 is 0 Å². The minimum absolute atomic E-state index is 0.556. The van der Waals surface area contributed by atoms with Crippen molar-refractivity contribution in [3.05, 3.63) is 17.4 Å². The van der Waals surface area contributed by atoms with Crippen LogP contribution in [0.3, 0.4) is 0 Å². The largest absolute Gasteiger partial charge is 0.230 e. The van der Waals surface area contributed by atoms with E-state index in [4.69, 9.17) is 23.2 Å². The fourth-order valence-corrected chi connectivity index (χ4v) is 1.35. The van der Waals surface area contributed by atoms with Gasteiger partial charge in [0.05, 0.1) is 17.4 Å². The topological polar surface area (TPSA) is 25.8 Å². The molecule has 0 spiro atoms. The predicted molar refractivity (Wildman–Crippen MR) is 48.5 cm³/mol. The Labute approximate surface area is 79.3 Å². The first-order valence-corrected chi connectivity index (χ1v) is 4.89. The van der Waals surface area contributed by atoms with E-state index in [2.05, 4.69) is 9.97 Å². The van der Waals surface area contributed by atoms with Crippen LogP contribution in [0.5, 0.6) is 0 Å². The highest BCUT2D eigenvalue weighted by molar-refractivity contribution is 7.99. The summed E-state index contributed by atoms with van der Waals surface area (Å²) >= 11 is 12.6. The summed E-state index contributed by atoms with van der Waals surface area (Å²) < 4.78 is 0. The Bertz CT molecular complexity index is 214. The molecule has 0 bridgehead atoms. The van der Waals surface area contributed by atoms with Crippen LogP contribution in [0, 0.1) is 0 Å². The van der Waals surface area contributed by atoms with E-state index in [1.165, 1.54) is 11.8 Å². The van der Waals surface area contributed by atoms with E-state index in [9.17, 15) is 0 Å². The molecule has 1 rings (SSSR count). The maximum absolute atomic E-state index is 5.59. The highest BCUT2D eigenvalue weighted by Gasteiger charge is 1.95. The number of aromatic nitrogens is 2. The standard InChI is InChI=1S/C6H6Cl2N2S/c7-1-2-11-6-9-3-5(8)4-10-6/h3-4H,1-2H2. The van der Waals surface area contributed by atoms with Crippen molar-refractivity contribution >= 4 is 35.0 Å². The van der Waals surface area contributed by atoms with Gasteiger partial charge in [-0.3, -0.25) is 0 Å². The molecule has 0 aromatic carbocycles. The molecule has 0 aliphatic rings. The molecule has 0 fully saturated rings. The molecule has 0 aliphatic heterocycles. The Kier molecular flexibility index (Phi) is 3.97. The van der Waals surface area contributed by atoms with Crippen LogP contribution in [0.25, 0.3) is 0 Å². The molecular weight excluding hydrogens is 203 g/mol. The van der Waals surface area contributed by atoms with Crippen LogP contribution in [0.1, 0.15) is 0 Å². The number of halogens is 2. The van der Waals surface area contributed by atoms with Gasteiger partial charge in [-0.15, -0.1) is 11.6 Å². The molecule has 0 atom stereocenters. The quantitative estimate of drug-likeness (QED) is 0.434. The van der Waals surface area contributed by atoms with Crippen LogP contribution in [-0.2, 0) is 0 Å². The van der Waals surface area contributed by atoms with Gasteiger partial charge in [-0.1, -0.05) is 23.4 Å². The summed E-state index contributed by atoms with van der Waals surface area (Å²) in [5, 5.41) is 1.27. The number of hydrogen-bond donors (Lipinski definition) is 0. The Hall–Kier alpha value is 0.01000. The predicted octanol–water partition coefficient (Wildman–Crippen LogP) is 2.46. The van der Waals surface area contributed by atoms with Crippen molar-refractivity contribution < 1.29 is 0 Å². The SMILES string of the molecule is ClCCSc1ncc(Cl)cn1. The van der Waals surface area contributed by atoms with Crippen LogP contribution in [-0.4, -0.2) is 21.6 Å². The van der Waals surface area contributed by atoms with Crippen LogP contribution < -0.4 is 0 Å². The summed E-state index contributed by atoms with van der Waals surface area (Å²) in [5.74, 6) is 1.43. The average Bonchev–Trinajstić information content (AvgIpc) is 2.04. The fourth-order valence-electron chi connectivity index (χ4n) is 0.505. The molecule has 60 valence electrons. The lowest BCUT2D eigenvalue weighted by Crippen LogP contribution is -1.86. The number of rotatable bonds is 3. The second-order valence-electron chi connectivity index (χ2n) is 1.72. The van der Waals surface area contributed by atoms with Crippen molar-refractivity contribution in [2.45, 2.75) is 5.16 Å². The first kappa shape index (κ1) is 9.10. The molecule has 0 radical (unpaired) electrons. The van der Waals surface area contributed by atoms with Gasteiger partial charge in [0, 0.05) is 11.6 Å². The summed E-state index contributed by atoms with van der Waals surface area (Å²) in [7, 11) is 0. The zero-order valence-electron chi connectivity index (χ0n) is 5.63. The van der Waals surface area contributed by atoms with E-state index in [-0.39, 0.29) is 0 Å². The monoisotopic (exact) mass is 208 g/mol. The molecule has 11 heavy (non-hydrogen) atoms. The lowest BCUT2D eigenvalue weighted by atomic mass is 10.7. The van der Waals surface area contributed by atoms with Gasteiger partial charge in [0.2, 0.25) is 0 Å². The Morgan fingerprint density at radius 1 is 1.36 bits per heavy atom. The van der Waals surface area contributed by atoms with E-state index in [0.717, 1.165) is 10.9 Å². The Balaban J connectivity index is 2.52. The van der Waals surface area contributed by atoms with Gasteiger partial charge in [0.1, 0.15) is 0 Å². The molecule has 0 saturated carbocycles. The molecular formula is C6H6Cl2N2S.